The highest BCUT2D eigenvalue weighted by Gasteiger charge is 2.21. The number of carboxylic acids is 1. The van der Waals surface area contributed by atoms with Crippen LogP contribution in [0.4, 0.5) is 10.1 Å². The maximum atomic E-state index is 14.0. The van der Waals surface area contributed by atoms with Gasteiger partial charge in [-0.05, 0) is 60.5 Å². The molecule has 0 aliphatic heterocycles. The van der Waals surface area contributed by atoms with Crippen LogP contribution in [0.1, 0.15) is 12.5 Å². The van der Waals surface area contributed by atoms with Gasteiger partial charge in [0.25, 0.3) is 0 Å². The Morgan fingerprint density at radius 2 is 1.53 bits per heavy atom. The van der Waals surface area contributed by atoms with Crippen LogP contribution in [0.25, 0.3) is 33.3 Å². The Bertz CT molecular complexity index is 1660. The predicted octanol–water partition coefficient (Wildman–Crippen LogP) is 7.26. The number of rotatable bonds is 7. The number of benzene rings is 4. The van der Waals surface area contributed by atoms with Gasteiger partial charge in [-0.3, -0.25) is 4.79 Å². The highest BCUT2D eigenvalue weighted by Crippen LogP contribution is 2.35. The van der Waals surface area contributed by atoms with Crippen LogP contribution >= 0.6 is 0 Å². The molecule has 7 heteroatoms. The molecule has 0 radical (unpaired) electrons. The molecular formula is C31H22FN3O3. The zero-order valence-corrected chi connectivity index (χ0v) is 20.4. The van der Waals surface area contributed by atoms with Crippen LogP contribution in [0.3, 0.4) is 0 Å². The number of nitriles is 1. The van der Waals surface area contributed by atoms with Gasteiger partial charge in [-0.15, -0.1) is 0 Å². The predicted molar refractivity (Wildman–Crippen MR) is 145 cm³/mol. The number of para-hydroxylation sites is 1. The lowest BCUT2D eigenvalue weighted by Gasteiger charge is -2.17. The molecule has 1 atom stereocenters. The lowest BCUT2D eigenvalue weighted by atomic mass is 9.98. The normalized spacial score (nSPS) is 11.5. The van der Waals surface area contributed by atoms with Crippen molar-refractivity contribution in [2.45, 2.75) is 13.0 Å². The molecule has 4 aromatic carbocycles. The summed E-state index contributed by atoms with van der Waals surface area (Å²) >= 11 is 0. The second kappa shape index (κ2) is 10.4. The Morgan fingerprint density at radius 3 is 2.16 bits per heavy atom. The van der Waals surface area contributed by atoms with E-state index in [1.807, 2.05) is 78.9 Å². The molecular weight excluding hydrogens is 481 g/mol. The zero-order valence-electron chi connectivity index (χ0n) is 20.4. The maximum absolute atomic E-state index is 14.0. The number of aromatic nitrogens is 1. The number of aliphatic carboxylic acids is 1. The van der Waals surface area contributed by atoms with Crippen LogP contribution in [-0.4, -0.2) is 22.1 Å². The Morgan fingerprint density at radius 1 is 0.921 bits per heavy atom. The Kier molecular flexibility index (Phi) is 6.70. The summed E-state index contributed by atoms with van der Waals surface area (Å²) in [6, 6.07) is 30.0. The van der Waals surface area contributed by atoms with Crippen molar-refractivity contribution in [2.75, 3.05) is 5.32 Å². The molecule has 0 bridgehead atoms. The fraction of sp³-hybridized carbons (Fsp3) is 0.0645. The third-order valence-corrected chi connectivity index (χ3v) is 6.11. The highest BCUT2D eigenvalue weighted by atomic mass is 19.1. The summed E-state index contributed by atoms with van der Waals surface area (Å²) in [5, 5.41) is 22.6. The molecule has 0 fully saturated rings. The number of carboxylic acid groups (broad SMARTS) is 1. The first-order chi connectivity index (χ1) is 18.4. The summed E-state index contributed by atoms with van der Waals surface area (Å²) < 4.78 is 19.9. The number of hydrogen-bond acceptors (Lipinski definition) is 5. The molecule has 38 heavy (non-hydrogen) atoms. The van der Waals surface area contributed by atoms with Gasteiger partial charge in [0, 0.05) is 10.9 Å². The van der Waals surface area contributed by atoms with Gasteiger partial charge in [-0.1, -0.05) is 54.6 Å². The van der Waals surface area contributed by atoms with E-state index in [-0.39, 0.29) is 11.3 Å². The topological polar surface area (TPSA) is 95.2 Å². The molecule has 0 amide bonds. The lowest BCUT2D eigenvalue weighted by molar-refractivity contribution is -0.137. The van der Waals surface area contributed by atoms with Crippen LogP contribution in [0.15, 0.2) is 97.1 Å². The van der Waals surface area contributed by atoms with Gasteiger partial charge >= 0.3 is 5.97 Å². The third kappa shape index (κ3) is 5.01. The summed E-state index contributed by atoms with van der Waals surface area (Å²) in [6.45, 7) is 1.46. The average molecular weight is 504 g/mol. The van der Waals surface area contributed by atoms with Crippen molar-refractivity contribution in [3.8, 4) is 40.0 Å². The van der Waals surface area contributed by atoms with E-state index in [1.54, 1.807) is 0 Å². The van der Waals surface area contributed by atoms with Crippen molar-refractivity contribution in [3.05, 3.63) is 108 Å². The molecule has 0 spiro atoms. The largest absolute Gasteiger partial charge is 0.480 e. The molecule has 2 N–H and O–H groups in total. The van der Waals surface area contributed by atoms with E-state index in [0.717, 1.165) is 22.6 Å². The molecule has 1 heterocycles. The fourth-order valence-corrected chi connectivity index (χ4v) is 4.14. The van der Waals surface area contributed by atoms with Crippen molar-refractivity contribution in [3.63, 3.8) is 0 Å². The fourth-order valence-electron chi connectivity index (χ4n) is 4.14. The number of pyridine rings is 1. The third-order valence-electron chi connectivity index (χ3n) is 6.11. The smallest absolute Gasteiger partial charge is 0.325 e. The Labute approximate surface area is 218 Å². The minimum Gasteiger partial charge on any atom is -0.480 e. The first-order valence-corrected chi connectivity index (χ1v) is 11.9. The molecule has 0 saturated heterocycles. The molecule has 186 valence electrons. The van der Waals surface area contributed by atoms with Gasteiger partial charge < -0.3 is 15.2 Å². The molecule has 0 saturated carbocycles. The van der Waals surface area contributed by atoms with Gasteiger partial charge in [0.15, 0.2) is 0 Å². The van der Waals surface area contributed by atoms with E-state index < -0.39 is 17.8 Å². The zero-order chi connectivity index (χ0) is 26.6. The molecule has 6 nitrogen and oxygen atoms in total. The Balaban J connectivity index is 1.49. The molecule has 1 aromatic heterocycles. The SMILES string of the molecule is CC(Nc1c(C#N)c(-c2ccc(-c3ccc(Oc4ccccc4)cc3)cc2)nc2ccc(F)cc12)C(=O)O. The van der Waals surface area contributed by atoms with E-state index in [0.29, 0.717) is 22.2 Å². The van der Waals surface area contributed by atoms with Gasteiger partial charge in [0.05, 0.1) is 16.9 Å². The van der Waals surface area contributed by atoms with Crippen LogP contribution in [0, 0.1) is 17.1 Å². The first kappa shape index (κ1) is 24.5. The lowest BCUT2D eigenvalue weighted by Crippen LogP contribution is -2.26. The van der Waals surface area contributed by atoms with E-state index in [2.05, 4.69) is 16.4 Å². The van der Waals surface area contributed by atoms with E-state index in [1.165, 1.54) is 25.1 Å². The van der Waals surface area contributed by atoms with Crippen LogP contribution in [0.2, 0.25) is 0 Å². The summed E-state index contributed by atoms with van der Waals surface area (Å²) in [7, 11) is 0. The van der Waals surface area contributed by atoms with Crippen molar-refractivity contribution in [2.24, 2.45) is 0 Å². The minimum absolute atomic E-state index is 0.145. The summed E-state index contributed by atoms with van der Waals surface area (Å²) in [5.41, 5.74) is 3.82. The van der Waals surface area contributed by atoms with Gasteiger partial charge in [0.2, 0.25) is 0 Å². The second-order valence-corrected chi connectivity index (χ2v) is 8.70. The quantitative estimate of drug-likeness (QED) is 0.243. The molecule has 0 aliphatic rings. The maximum Gasteiger partial charge on any atom is 0.325 e. The summed E-state index contributed by atoms with van der Waals surface area (Å²) in [5.74, 6) is -0.120. The standard InChI is InChI=1S/C31H22FN3O3/c1-19(31(36)37)34-30-26-17-23(32)13-16-28(26)35-29(27(30)18-33)22-9-7-20(8-10-22)21-11-14-25(15-12-21)38-24-5-3-2-4-6-24/h2-17,19H,1H3,(H,34,35)(H,36,37). The Hall–Kier alpha value is -5.22. The van der Waals surface area contributed by atoms with Gasteiger partial charge in [-0.2, -0.15) is 5.26 Å². The summed E-state index contributed by atoms with van der Waals surface area (Å²) in [6.07, 6.45) is 0. The van der Waals surface area contributed by atoms with Gasteiger partial charge in [0.1, 0.15) is 35.0 Å². The highest BCUT2D eigenvalue weighted by molar-refractivity contribution is 5.99. The van der Waals surface area contributed by atoms with E-state index in [9.17, 15) is 19.6 Å². The first-order valence-electron chi connectivity index (χ1n) is 11.9. The number of halogens is 1. The summed E-state index contributed by atoms with van der Waals surface area (Å²) in [4.78, 5) is 16.1. The van der Waals surface area contributed by atoms with E-state index >= 15 is 0 Å². The van der Waals surface area contributed by atoms with Gasteiger partial charge in [-0.25, -0.2) is 9.37 Å². The molecule has 5 rings (SSSR count). The van der Waals surface area contributed by atoms with Crippen molar-refractivity contribution in [1.29, 1.82) is 5.26 Å². The number of fused-ring (bicyclic) bond motifs is 1. The van der Waals surface area contributed by atoms with Crippen LogP contribution < -0.4 is 10.1 Å². The molecule has 1 unspecified atom stereocenters. The van der Waals surface area contributed by atoms with Crippen molar-refractivity contribution >= 4 is 22.6 Å². The van der Waals surface area contributed by atoms with Crippen molar-refractivity contribution in [1.82, 2.24) is 4.98 Å². The second-order valence-electron chi connectivity index (χ2n) is 8.70. The minimum atomic E-state index is -1.10. The monoisotopic (exact) mass is 503 g/mol. The van der Waals surface area contributed by atoms with Crippen LogP contribution in [0.5, 0.6) is 11.5 Å². The van der Waals surface area contributed by atoms with Crippen LogP contribution in [-0.2, 0) is 4.79 Å². The van der Waals surface area contributed by atoms with E-state index in [4.69, 9.17) is 4.74 Å². The average Bonchev–Trinajstić information content (AvgIpc) is 2.94. The number of anilines is 1. The molecule has 0 aliphatic carbocycles. The molecule has 5 aromatic rings. The number of ether oxygens (including phenoxy) is 1. The number of nitrogens with zero attached hydrogens (tertiary/aromatic N) is 2. The number of carbonyl (C=O) groups is 1. The number of hydrogen-bond donors (Lipinski definition) is 2. The van der Waals surface area contributed by atoms with Crippen molar-refractivity contribution < 1.29 is 19.0 Å². The number of nitrogens with one attached hydrogen (secondary N) is 1.